The molecule has 1 fully saturated rings. The predicted octanol–water partition coefficient (Wildman–Crippen LogP) is 5.07. The summed E-state index contributed by atoms with van der Waals surface area (Å²) in [7, 11) is 0. The van der Waals surface area contributed by atoms with Gasteiger partial charge in [-0.2, -0.15) is 26.3 Å². The van der Waals surface area contributed by atoms with Crippen LogP contribution < -0.4 is 0 Å². The zero-order valence-electron chi connectivity index (χ0n) is 19.0. The number of nitrogens with zero attached hydrogens (tertiary/aromatic N) is 2. The summed E-state index contributed by atoms with van der Waals surface area (Å²) in [6.07, 6.45) is -10.8. The summed E-state index contributed by atoms with van der Waals surface area (Å²) in [4.78, 5) is 18.0. The smallest absolute Gasteiger partial charge is 0.381 e. The molecule has 0 radical (unpaired) electrons. The number of carbonyl (C=O) groups is 1. The molecule has 1 N–H and O–H groups in total. The Balaban J connectivity index is 1.55. The van der Waals surface area contributed by atoms with Gasteiger partial charge in [0, 0.05) is 12.0 Å². The lowest BCUT2D eigenvalue weighted by atomic mass is 9.84. The molecular formula is C24H21F7N2O3. The van der Waals surface area contributed by atoms with Crippen LogP contribution in [0.1, 0.15) is 42.5 Å². The normalized spacial score (nSPS) is 22.1. The van der Waals surface area contributed by atoms with Crippen molar-refractivity contribution in [2.24, 2.45) is 5.16 Å². The van der Waals surface area contributed by atoms with E-state index in [4.69, 9.17) is 4.84 Å². The highest BCUT2D eigenvalue weighted by Gasteiger charge is 2.62. The summed E-state index contributed by atoms with van der Waals surface area (Å²) in [5.74, 6) is -0.636. The zero-order chi connectivity index (χ0) is 26.7. The van der Waals surface area contributed by atoms with Crippen molar-refractivity contribution in [1.29, 1.82) is 0 Å². The second-order valence-corrected chi connectivity index (χ2v) is 9.47. The van der Waals surface area contributed by atoms with Crippen molar-refractivity contribution < 1.29 is 45.5 Å². The number of aliphatic hydroxyl groups is 1. The molecule has 0 saturated carbocycles. The molecule has 1 amide bonds. The van der Waals surface area contributed by atoms with Gasteiger partial charge in [0.1, 0.15) is 5.60 Å². The fraction of sp³-hybridized carbons (Fsp3) is 0.417. The van der Waals surface area contributed by atoms with Gasteiger partial charge >= 0.3 is 12.4 Å². The van der Waals surface area contributed by atoms with Crippen LogP contribution in [0, 0.1) is 0 Å². The van der Waals surface area contributed by atoms with Crippen LogP contribution in [-0.4, -0.2) is 46.5 Å². The summed E-state index contributed by atoms with van der Waals surface area (Å²) in [6, 6.07) is 8.15. The molecular weight excluding hydrogens is 497 g/mol. The Morgan fingerprint density at radius 3 is 2.14 bits per heavy atom. The average Bonchev–Trinajstić information content (AvgIpc) is 3.22. The number of hydrogen-bond donors (Lipinski definition) is 1. The van der Waals surface area contributed by atoms with Gasteiger partial charge in [0.2, 0.25) is 0 Å². The topological polar surface area (TPSA) is 62.1 Å². The van der Waals surface area contributed by atoms with Gasteiger partial charge in [-0.1, -0.05) is 41.6 Å². The minimum Gasteiger partial charge on any atom is -0.381 e. The number of alkyl halides is 7. The van der Waals surface area contributed by atoms with E-state index < -0.39 is 52.7 Å². The third kappa shape index (κ3) is 4.42. The first kappa shape index (κ1) is 25.9. The fourth-order valence-electron chi connectivity index (χ4n) is 4.24. The molecule has 12 heteroatoms. The Hall–Kier alpha value is -3.15. The highest BCUT2D eigenvalue weighted by atomic mass is 19.4. The van der Waals surface area contributed by atoms with E-state index in [0.717, 1.165) is 17.0 Å². The lowest BCUT2D eigenvalue weighted by Crippen LogP contribution is -2.62. The number of amides is 1. The highest BCUT2D eigenvalue weighted by Crippen LogP contribution is 2.49. The second kappa shape index (κ2) is 8.19. The van der Waals surface area contributed by atoms with Gasteiger partial charge in [-0.25, -0.2) is 4.39 Å². The lowest BCUT2D eigenvalue weighted by Gasteiger charge is -2.46. The van der Waals surface area contributed by atoms with E-state index in [0.29, 0.717) is 12.1 Å². The van der Waals surface area contributed by atoms with E-state index in [1.54, 1.807) is 0 Å². The molecule has 2 aromatic carbocycles. The minimum absolute atomic E-state index is 0.170. The Morgan fingerprint density at radius 2 is 1.61 bits per heavy atom. The van der Waals surface area contributed by atoms with E-state index in [9.17, 15) is 36.2 Å². The summed E-state index contributed by atoms with van der Waals surface area (Å²) >= 11 is 0. The zero-order valence-corrected chi connectivity index (χ0v) is 19.0. The first-order valence-electron chi connectivity index (χ1n) is 10.8. The number of oxime groups is 1. The maximum atomic E-state index is 15.2. The summed E-state index contributed by atoms with van der Waals surface area (Å²) in [5.41, 5.74) is -8.50. The van der Waals surface area contributed by atoms with Crippen LogP contribution >= 0.6 is 0 Å². The standard InChI is InChI=1S/C24H21F7N2O3/c1-20(2,35)19(34)33-12-21(25,13-33)15-8-6-14(7-9-15)18-11-22(36-32-18,24(29,30)31)16-4-3-5-17(10-16)23(26,27)28/h3-10,35H,11-13H2,1-2H3. The van der Waals surface area contributed by atoms with Gasteiger partial charge in [-0.15, -0.1) is 0 Å². The number of carbonyl (C=O) groups excluding carboxylic acids is 1. The molecule has 194 valence electrons. The van der Waals surface area contributed by atoms with Crippen molar-refractivity contribution in [1.82, 2.24) is 4.90 Å². The van der Waals surface area contributed by atoms with Gasteiger partial charge in [0.05, 0.1) is 24.4 Å². The van der Waals surface area contributed by atoms with Crippen LogP contribution in [0.5, 0.6) is 0 Å². The summed E-state index contributed by atoms with van der Waals surface area (Å²) in [6.45, 7) is 1.97. The molecule has 2 aliphatic heterocycles. The van der Waals surface area contributed by atoms with Gasteiger partial charge in [0.15, 0.2) is 5.67 Å². The van der Waals surface area contributed by atoms with Gasteiger partial charge < -0.3 is 14.8 Å². The molecule has 2 heterocycles. The number of benzene rings is 2. The largest absolute Gasteiger partial charge is 0.435 e. The van der Waals surface area contributed by atoms with Crippen molar-refractivity contribution in [3.8, 4) is 0 Å². The van der Waals surface area contributed by atoms with E-state index in [1.807, 2.05) is 0 Å². The van der Waals surface area contributed by atoms with Crippen LogP contribution in [0.2, 0.25) is 0 Å². The predicted molar refractivity (Wildman–Crippen MR) is 114 cm³/mol. The molecule has 0 aromatic heterocycles. The van der Waals surface area contributed by atoms with Gasteiger partial charge in [-0.05, 0) is 37.1 Å². The van der Waals surface area contributed by atoms with Crippen molar-refractivity contribution in [2.45, 2.75) is 49.5 Å². The molecule has 36 heavy (non-hydrogen) atoms. The maximum Gasteiger partial charge on any atom is 0.435 e. The molecule has 1 atom stereocenters. The number of likely N-dealkylation sites (tertiary alicyclic amines) is 1. The van der Waals surface area contributed by atoms with E-state index >= 15 is 4.39 Å². The highest BCUT2D eigenvalue weighted by molar-refractivity contribution is 6.02. The van der Waals surface area contributed by atoms with Crippen LogP contribution in [0.25, 0.3) is 0 Å². The SMILES string of the molecule is CC(C)(O)C(=O)N1CC(F)(c2ccc(C3=NOC(c4cccc(C(F)(F)F)c4)(C(F)(F)F)C3)cc2)C1. The first-order valence-corrected chi connectivity index (χ1v) is 10.8. The molecule has 4 rings (SSSR count). The molecule has 0 bridgehead atoms. The van der Waals surface area contributed by atoms with E-state index in [2.05, 4.69) is 5.16 Å². The lowest BCUT2D eigenvalue weighted by molar-refractivity contribution is -0.276. The molecule has 5 nitrogen and oxygen atoms in total. The monoisotopic (exact) mass is 518 g/mol. The van der Waals surface area contributed by atoms with Gasteiger partial charge in [0.25, 0.3) is 11.5 Å². The molecule has 2 aliphatic rings. The van der Waals surface area contributed by atoms with Crippen molar-refractivity contribution in [3.63, 3.8) is 0 Å². The van der Waals surface area contributed by atoms with Crippen molar-refractivity contribution >= 4 is 11.6 Å². The van der Waals surface area contributed by atoms with Crippen LogP contribution in [-0.2, 0) is 27.1 Å². The minimum atomic E-state index is -5.09. The molecule has 2 aromatic rings. The average molecular weight is 518 g/mol. The Morgan fingerprint density at radius 1 is 1.00 bits per heavy atom. The van der Waals surface area contributed by atoms with E-state index in [1.165, 1.54) is 38.1 Å². The molecule has 0 spiro atoms. The van der Waals surface area contributed by atoms with Crippen LogP contribution in [0.3, 0.4) is 0 Å². The van der Waals surface area contributed by atoms with Crippen LogP contribution in [0.15, 0.2) is 53.7 Å². The third-order valence-corrected chi connectivity index (χ3v) is 6.27. The number of halogens is 7. The Labute approximate surface area is 201 Å². The summed E-state index contributed by atoms with van der Waals surface area (Å²) < 4.78 is 96.8. The van der Waals surface area contributed by atoms with Gasteiger partial charge in [-0.3, -0.25) is 4.79 Å². The molecule has 1 unspecified atom stereocenters. The Kier molecular flexibility index (Phi) is 5.90. The van der Waals surface area contributed by atoms with Crippen molar-refractivity contribution in [2.75, 3.05) is 13.1 Å². The van der Waals surface area contributed by atoms with Crippen LogP contribution in [0.4, 0.5) is 30.7 Å². The fourth-order valence-corrected chi connectivity index (χ4v) is 4.24. The number of hydrogen-bond acceptors (Lipinski definition) is 4. The first-order chi connectivity index (χ1) is 16.5. The second-order valence-electron chi connectivity index (χ2n) is 9.47. The summed E-state index contributed by atoms with van der Waals surface area (Å²) in [5, 5.41) is 13.3. The third-order valence-electron chi connectivity index (χ3n) is 6.27. The molecule has 1 saturated heterocycles. The van der Waals surface area contributed by atoms with Crippen molar-refractivity contribution in [3.05, 3.63) is 70.8 Å². The molecule has 0 aliphatic carbocycles. The Bertz CT molecular complexity index is 1190. The number of rotatable bonds is 4. The maximum absolute atomic E-state index is 15.2. The van der Waals surface area contributed by atoms with E-state index in [-0.39, 0.29) is 29.9 Å². The quantitative estimate of drug-likeness (QED) is 0.576.